The minimum Gasteiger partial charge on any atom is -0.467 e. The zero-order chi connectivity index (χ0) is 11.4. The minimum absolute atomic E-state index is 0.299. The van der Waals surface area contributed by atoms with Gasteiger partial charge in [-0.1, -0.05) is 0 Å². The topological polar surface area (TPSA) is 84.1 Å². The largest absolute Gasteiger partial charge is 0.467 e. The van der Waals surface area contributed by atoms with E-state index in [0.29, 0.717) is 10.2 Å². The molecule has 1 atom stereocenters. The van der Waals surface area contributed by atoms with E-state index in [1.54, 1.807) is 6.92 Å². The average molecular weight is 276 g/mol. The van der Waals surface area contributed by atoms with E-state index in [4.69, 9.17) is 0 Å². The van der Waals surface area contributed by atoms with Gasteiger partial charge in [-0.25, -0.2) is 9.89 Å². The second-order valence-electron chi connectivity index (χ2n) is 2.82. The normalized spacial score (nSPS) is 11.9. The van der Waals surface area contributed by atoms with Gasteiger partial charge in [0.05, 0.1) is 19.0 Å². The van der Waals surface area contributed by atoms with Crippen molar-refractivity contribution in [3.8, 4) is 0 Å². The summed E-state index contributed by atoms with van der Waals surface area (Å²) >= 11 is 3.08. The summed E-state index contributed by atoms with van der Waals surface area (Å²) in [6, 6.07) is -0.546. The van der Waals surface area contributed by atoms with Crippen molar-refractivity contribution >= 4 is 27.6 Å². The van der Waals surface area contributed by atoms with Gasteiger partial charge in [0.25, 0.3) is 5.56 Å². The van der Waals surface area contributed by atoms with Crippen LogP contribution in [-0.2, 0) is 9.53 Å². The number of nitrogens with zero attached hydrogens (tertiary/aromatic N) is 1. The van der Waals surface area contributed by atoms with Crippen molar-refractivity contribution in [2.45, 2.75) is 13.0 Å². The van der Waals surface area contributed by atoms with Crippen LogP contribution >= 0.6 is 15.9 Å². The van der Waals surface area contributed by atoms with Crippen LogP contribution in [0, 0.1) is 0 Å². The highest BCUT2D eigenvalue weighted by molar-refractivity contribution is 9.10. The Morgan fingerprint density at radius 3 is 3.00 bits per heavy atom. The van der Waals surface area contributed by atoms with Gasteiger partial charge in [0, 0.05) is 0 Å². The van der Waals surface area contributed by atoms with Crippen LogP contribution in [0.25, 0.3) is 0 Å². The molecule has 1 aromatic heterocycles. The third-order valence-electron chi connectivity index (χ3n) is 1.72. The predicted molar refractivity (Wildman–Crippen MR) is 57.7 cm³/mol. The first-order chi connectivity index (χ1) is 7.06. The van der Waals surface area contributed by atoms with Crippen LogP contribution in [0.5, 0.6) is 0 Å². The summed E-state index contributed by atoms with van der Waals surface area (Å²) in [5.41, 5.74) is 0.0775. The number of aromatic nitrogens is 2. The monoisotopic (exact) mass is 275 g/mol. The number of hydrogen-bond donors (Lipinski definition) is 2. The molecule has 0 aliphatic rings. The highest BCUT2D eigenvalue weighted by atomic mass is 79.9. The Hall–Kier alpha value is -1.37. The number of nitrogens with one attached hydrogen (secondary N) is 2. The molecule has 1 heterocycles. The lowest BCUT2D eigenvalue weighted by atomic mass is 10.3. The quantitative estimate of drug-likeness (QED) is 0.786. The standard InChI is InChI=1S/C8H10BrN3O3/c1-4(8(14)15-2)11-5-3-10-12-7(13)6(5)9/h3-4H,1-2H3,(H2,11,12,13). The molecule has 1 aromatic rings. The summed E-state index contributed by atoms with van der Waals surface area (Å²) in [6.07, 6.45) is 1.41. The minimum atomic E-state index is -0.546. The van der Waals surface area contributed by atoms with Gasteiger partial charge in [-0.05, 0) is 22.9 Å². The maximum atomic E-state index is 11.1. The summed E-state index contributed by atoms with van der Waals surface area (Å²) in [7, 11) is 1.30. The van der Waals surface area contributed by atoms with E-state index in [0.717, 1.165) is 0 Å². The Morgan fingerprint density at radius 1 is 1.73 bits per heavy atom. The second-order valence-corrected chi connectivity index (χ2v) is 3.61. The zero-order valence-corrected chi connectivity index (χ0v) is 9.79. The number of carbonyl (C=O) groups is 1. The summed E-state index contributed by atoms with van der Waals surface area (Å²) in [4.78, 5) is 22.2. The fourth-order valence-electron chi connectivity index (χ4n) is 0.953. The van der Waals surface area contributed by atoms with Gasteiger partial charge in [-0.15, -0.1) is 0 Å². The van der Waals surface area contributed by atoms with Crippen molar-refractivity contribution < 1.29 is 9.53 Å². The number of hydrogen-bond acceptors (Lipinski definition) is 5. The number of anilines is 1. The van der Waals surface area contributed by atoms with Crippen molar-refractivity contribution in [2.75, 3.05) is 12.4 Å². The molecule has 0 fully saturated rings. The van der Waals surface area contributed by atoms with Crippen LogP contribution in [0.4, 0.5) is 5.69 Å². The number of esters is 1. The molecule has 1 rings (SSSR count). The van der Waals surface area contributed by atoms with Gasteiger partial charge in [0.2, 0.25) is 0 Å². The number of carbonyl (C=O) groups excluding carboxylic acids is 1. The molecule has 0 amide bonds. The van der Waals surface area contributed by atoms with E-state index >= 15 is 0 Å². The highest BCUT2D eigenvalue weighted by Gasteiger charge is 2.14. The first-order valence-electron chi connectivity index (χ1n) is 4.13. The summed E-state index contributed by atoms with van der Waals surface area (Å²) in [6.45, 7) is 1.62. The summed E-state index contributed by atoms with van der Waals surface area (Å²) in [5, 5.41) is 8.65. The molecule has 0 spiro atoms. The van der Waals surface area contributed by atoms with Crippen LogP contribution in [0.2, 0.25) is 0 Å². The number of halogens is 1. The van der Waals surface area contributed by atoms with E-state index in [2.05, 4.69) is 36.2 Å². The highest BCUT2D eigenvalue weighted by Crippen LogP contribution is 2.16. The van der Waals surface area contributed by atoms with Crippen LogP contribution in [0.15, 0.2) is 15.5 Å². The molecular formula is C8H10BrN3O3. The zero-order valence-electron chi connectivity index (χ0n) is 8.20. The molecule has 15 heavy (non-hydrogen) atoms. The summed E-state index contributed by atoms with van der Waals surface area (Å²) in [5.74, 6) is -0.415. The second kappa shape index (κ2) is 4.92. The Bertz CT molecular complexity index is 418. The molecule has 0 aliphatic carbocycles. The molecule has 0 radical (unpaired) electrons. The number of ether oxygens (including phenoxy) is 1. The maximum absolute atomic E-state index is 11.1. The van der Waals surface area contributed by atoms with Gasteiger partial charge in [-0.2, -0.15) is 5.10 Å². The number of methoxy groups -OCH3 is 1. The molecule has 1 unspecified atom stereocenters. The van der Waals surface area contributed by atoms with E-state index in [9.17, 15) is 9.59 Å². The van der Waals surface area contributed by atoms with E-state index in [-0.39, 0.29) is 5.56 Å². The van der Waals surface area contributed by atoms with Crippen molar-refractivity contribution in [1.82, 2.24) is 10.2 Å². The molecule has 0 saturated heterocycles. The van der Waals surface area contributed by atoms with Crippen molar-refractivity contribution in [3.05, 3.63) is 21.0 Å². The third-order valence-corrected chi connectivity index (χ3v) is 2.51. The number of aromatic amines is 1. The molecule has 0 saturated carbocycles. The van der Waals surface area contributed by atoms with Crippen LogP contribution < -0.4 is 10.9 Å². The molecular weight excluding hydrogens is 266 g/mol. The van der Waals surface area contributed by atoms with Gasteiger partial charge in [0.15, 0.2) is 0 Å². The van der Waals surface area contributed by atoms with Crippen LogP contribution in [-0.4, -0.2) is 29.3 Å². The first-order valence-corrected chi connectivity index (χ1v) is 4.93. The van der Waals surface area contributed by atoms with Gasteiger partial charge < -0.3 is 10.1 Å². The Balaban J connectivity index is 2.86. The molecule has 0 aromatic carbocycles. The smallest absolute Gasteiger partial charge is 0.327 e. The fourth-order valence-corrected chi connectivity index (χ4v) is 1.26. The number of H-pyrrole nitrogens is 1. The third kappa shape index (κ3) is 2.79. The maximum Gasteiger partial charge on any atom is 0.327 e. The Morgan fingerprint density at radius 2 is 2.40 bits per heavy atom. The van der Waals surface area contributed by atoms with E-state index in [1.807, 2.05) is 0 Å². The molecule has 0 aliphatic heterocycles. The first kappa shape index (κ1) is 11.7. The van der Waals surface area contributed by atoms with Crippen molar-refractivity contribution in [1.29, 1.82) is 0 Å². The SMILES string of the molecule is COC(=O)C(C)Nc1cn[nH]c(=O)c1Br. The van der Waals surface area contributed by atoms with Crippen molar-refractivity contribution in [3.63, 3.8) is 0 Å². The lowest BCUT2D eigenvalue weighted by molar-refractivity contribution is -0.141. The molecule has 7 heteroatoms. The molecule has 6 nitrogen and oxygen atoms in total. The van der Waals surface area contributed by atoms with Gasteiger partial charge >= 0.3 is 5.97 Å². The molecule has 0 bridgehead atoms. The fraction of sp³-hybridized carbons (Fsp3) is 0.375. The predicted octanol–water partition coefficient (Wildman–Crippen LogP) is 0.506. The average Bonchev–Trinajstić information content (AvgIpc) is 2.23. The lowest BCUT2D eigenvalue weighted by Crippen LogP contribution is -2.28. The van der Waals surface area contributed by atoms with Crippen molar-refractivity contribution in [2.24, 2.45) is 0 Å². The van der Waals surface area contributed by atoms with E-state index < -0.39 is 12.0 Å². The Labute approximate surface area is 94.2 Å². The van der Waals surface area contributed by atoms with Crippen LogP contribution in [0.3, 0.4) is 0 Å². The van der Waals surface area contributed by atoms with Gasteiger partial charge in [0.1, 0.15) is 10.5 Å². The van der Waals surface area contributed by atoms with Crippen LogP contribution in [0.1, 0.15) is 6.92 Å². The Kier molecular flexibility index (Phi) is 3.84. The molecule has 2 N–H and O–H groups in total. The lowest BCUT2D eigenvalue weighted by Gasteiger charge is -2.12. The van der Waals surface area contributed by atoms with E-state index in [1.165, 1.54) is 13.3 Å². The summed E-state index contributed by atoms with van der Waals surface area (Å²) < 4.78 is 4.83. The molecule has 82 valence electrons. The number of rotatable bonds is 3. The van der Waals surface area contributed by atoms with Gasteiger partial charge in [-0.3, -0.25) is 4.79 Å².